The number of pyridine rings is 1. The Morgan fingerprint density at radius 2 is 2.10 bits per heavy atom. The highest BCUT2D eigenvalue weighted by Gasteiger charge is 2.28. The Kier molecular flexibility index (Phi) is 4.32. The quantitative estimate of drug-likeness (QED) is 0.879. The van der Waals surface area contributed by atoms with Crippen molar-refractivity contribution in [1.82, 2.24) is 9.88 Å². The van der Waals surface area contributed by atoms with E-state index in [1.165, 1.54) is 11.1 Å². The van der Waals surface area contributed by atoms with E-state index in [1.807, 2.05) is 18.3 Å². The molecule has 0 saturated heterocycles. The number of likely N-dealkylation sites (N-methyl/N-ethyl adjacent to an activating group) is 1. The van der Waals surface area contributed by atoms with E-state index in [4.69, 9.17) is 0 Å². The SMILES string of the molecule is CN(Cc1cccnc1)C1CCCc2ccccc2C1O. The average molecular weight is 282 g/mol. The van der Waals surface area contributed by atoms with Gasteiger partial charge in [0.1, 0.15) is 0 Å². The van der Waals surface area contributed by atoms with Crippen LogP contribution in [0, 0.1) is 0 Å². The molecule has 1 heterocycles. The Balaban J connectivity index is 1.79. The van der Waals surface area contributed by atoms with Crippen LogP contribution in [0.3, 0.4) is 0 Å². The Hall–Kier alpha value is -1.71. The highest BCUT2D eigenvalue weighted by molar-refractivity contribution is 5.31. The zero-order valence-electron chi connectivity index (χ0n) is 12.4. The van der Waals surface area contributed by atoms with Gasteiger partial charge >= 0.3 is 0 Å². The number of aliphatic hydroxyl groups excluding tert-OH is 1. The summed E-state index contributed by atoms with van der Waals surface area (Å²) in [5, 5.41) is 10.8. The largest absolute Gasteiger partial charge is 0.387 e. The second-order valence-corrected chi connectivity index (χ2v) is 5.88. The summed E-state index contributed by atoms with van der Waals surface area (Å²) >= 11 is 0. The van der Waals surface area contributed by atoms with Crippen LogP contribution < -0.4 is 0 Å². The van der Waals surface area contributed by atoms with Crippen LogP contribution in [-0.2, 0) is 13.0 Å². The number of nitrogens with zero attached hydrogens (tertiary/aromatic N) is 2. The third-order valence-electron chi connectivity index (χ3n) is 4.41. The van der Waals surface area contributed by atoms with Crippen LogP contribution in [0.2, 0.25) is 0 Å². The molecular formula is C18H22N2O. The summed E-state index contributed by atoms with van der Waals surface area (Å²) in [6.07, 6.45) is 6.48. The predicted octanol–water partition coefficient (Wildman–Crippen LogP) is 2.95. The van der Waals surface area contributed by atoms with E-state index in [2.05, 4.69) is 41.2 Å². The van der Waals surface area contributed by atoms with Crippen molar-refractivity contribution in [1.29, 1.82) is 0 Å². The fourth-order valence-corrected chi connectivity index (χ4v) is 3.28. The maximum absolute atomic E-state index is 10.8. The van der Waals surface area contributed by atoms with Gasteiger partial charge in [-0.15, -0.1) is 0 Å². The molecule has 3 rings (SSSR count). The second-order valence-electron chi connectivity index (χ2n) is 5.88. The molecule has 3 heteroatoms. The van der Waals surface area contributed by atoms with E-state index < -0.39 is 6.10 Å². The lowest BCUT2D eigenvalue weighted by Gasteiger charge is -2.31. The average Bonchev–Trinajstić information content (AvgIpc) is 2.68. The van der Waals surface area contributed by atoms with Crippen LogP contribution in [0.4, 0.5) is 0 Å². The first-order valence-electron chi connectivity index (χ1n) is 7.60. The smallest absolute Gasteiger partial charge is 0.0947 e. The summed E-state index contributed by atoms with van der Waals surface area (Å²) < 4.78 is 0. The third kappa shape index (κ3) is 3.14. The molecule has 3 nitrogen and oxygen atoms in total. The molecule has 2 atom stereocenters. The van der Waals surface area contributed by atoms with Crippen molar-refractivity contribution >= 4 is 0 Å². The van der Waals surface area contributed by atoms with E-state index in [1.54, 1.807) is 6.20 Å². The number of aryl methyl sites for hydroxylation is 1. The summed E-state index contributed by atoms with van der Waals surface area (Å²) in [5.41, 5.74) is 3.57. The van der Waals surface area contributed by atoms with Gasteiger partial charge < -0.3 is 5.11 Å². The number of aromatic nitrogens is 1. The van der Waals surface area contributed by atoms with Gasteiger partial charge in [-0.05, 0) is 49.1 Å². The lowest BCUT2D eigenvalue weighted by atomic mass is 9.98. The van der Waals surface area contributed by atoms with Crippen LogP contribution in [0.15, 0.2) is 48.8 Å². The fourth-order valence-electron chi connectivity index (χ4n) is 3.28. The first-order valence-corrected chi connectivity index (χ1v) is 7.60. The number of fused-ring (bicyclic) bond motifs is 1. The zero-order valence-corrected chi connectivity index (χ0v) is 12.4. The van der Waals surface area contributed by atoms with Gasteiger partial charge in [0.2, 0.25) is 0 Å². The molecule has 1 N–H and O–H groups in total. The molecule has 2 unspecified atom stereocenters. The third-order valence-corrected chi connectivity index (χ3v) is 4.41. The molecule has 21 heavy (non-hydrogen) atoms. The summed E-state index contributed by atoms with van der Waals surface area (Å²) in [7, 11) is 2.09. The summed E-state index contributed by atoms with van der Waals surface area (Å²) in [4.78, 5) is 6.42. The fraction of sp³-hybridized carbons (Fsp3) is 0.389. The maximum atomic E-state index is 10.8. The van der Waals surface area contributed by atoms with Crippen LogP contribution >= 0.6 is 0 Å². The Bertz CT molecular complexity index is 585. The molecule has 1 aromatic heterocycles. The highest BCUT2D eigenvalue weighted by Crippen LogP contribution is 2.31. The standard InChI is InChI=1S/C18H22N2O/c1-20(13-14-6-5-11-19-12-14)17-10-4-8-15-7-2-3-9-16(15)18(17)21/h2-3,5-7,9,11-12,17-18,21H,4,8,10,13H2,1H3. The summed E-state index contributed by atoms with van der Waals surface area (Å²) in [6.45, 7) is 0.817. The Morgan fingerprint density at radius 1 is 1.24 bits per heavy atom. The molecule has 0 amide bonds. The zero-order chi connectivity index (χ0) is 14.7. The predicted molar refractivity (Wildman–Crippen MR) is 83.8 cm³/mol. The van der Waals surface area contributed by atoms with E-state index in [0.29, 0.717) is 0 Å². The second kappa shape index (κ2) is 6.37. The van der Waals surface area contributed by atoms with Crippen molar-refractivity contribution < 1.29 is 5.11 Å². The molecule has 1 aliphatic rings. The molecule has 110 valence electrons. The number of rotatable bonds is 3. The number of benzene rings is 1. The summed E-state index contributed by atoms with van der Waals surface area (Å²) in [6, 6.07) is 12.5. The van der Waals surface area contributed by atoms with Crippen LogP contribution in [-0.4, -0.2) is 28.1 Å². The van der Waals surface area contributed by atoms with E-state index >= 15 is 0 Å². The van der Waals surface area contributed by atoms with Gasteiger partial charge in [0.15, 0.2) is 0 Å². The Labute approximate surface area is 126 Å². The van der Waals surface area contributed by atoms with Gasteiger partial charge in [-0.1, -0.05) is 30.3 Å². The van der Waals surface area contributed by atoms with Crippen LogP contribution in [0.25, 0.3) is 0 Å². The molecular weight excluding hydrogens is 260 g/mol. The number of hydrogen-bond donors (Lipinski definition) is 1. The monoisotopic (exact) mass is 282 g/mol. The molecule has 1 aromatic carbocycles. The van der Waals surface area contributed by atoms with Crippen molar-refractivity contribution in [2.45, 2.75) is 38.0 Å². The molecule has 2 aromatic rings. The number of hydrogen-bond acceptors (Lipinski definition) is 3. The van der Waals surface area contributed by atoms with Crippen molar-refractivity contribution in [3.05, 3.63) is 65.5 Å². The van der Waals surface area contributed by atoms with Gasteiger partial charge in [0.05, 0.1) is 6.10 Å². The van der Waals surface area contributed by atoms with Crippen LogP contribution in [0.1, 0.15) is 35.6 Å². The van der Waals surface area contributed by atoms with E-state index in [-0.39, 0.29) is 6.04 Å². The molecule has 0 spiro atoms. The minimum Gasteiger partial charge on any atom is -0.387 e. The summed E-state index contributed by atoms with van der Waals surface area (Å²) in [5.74, 6) is 0. The topological polar surface area (TPSA) is 36.4 Å². The van der Waals surface area contributed by atoms with Gasteiger partial charge in [-0.2, -0.15) is 0 Å². The lowest BCUT2D eigenvalue weighted by molar-refractivity contribution is 0.0554. The molecule has 0 saturated carbocycles. The van der Waals surface area contributed by atoms with Gasteiger partial charge in [-0.3, -0.25) is 9.88 Å². The van der Waals surface area contributed by atoms with Gasteiger partial charge in [0.25, 0.3) is 0 Å². The first kappa shape index (κ1) is 14.2. The minimum absolute atomic E-state index is 0.161. The molecule has 1 aliphatic carbocycles. The Morgan fingerprint density at radius 3 is 2.90 bits per heavy atom. The minimum atomic E-state index is -0.412. The van der Waals surface area contributed by atoms with Crippen molar-refractivity contribution in [3.8, 4) is 0 Å². The van der Waals surface area contributed by atoms with Gasteiger partial charge in [-0.25, -0.2) is 0 Å². The normalized spacial score (nSPS) is 21.9. The van der Waals surface area contributed by atoms with Gasteiger partial charge in [0, 0.05) is 25.0 Å². The molecule has 0 radical (unpaired) electrons. The highest BCUT2D eigenvalue weighted by atomic mass is 16.3. The van der Waals surface area contributed by atoms with Crippen molar-refractivity contribution in [3.63, 3.8) is 0 Å². The van der Waals surface area contributed by atoms with E-state index in [9.17, 15) is 5.11 Å². The maximum Gasteiger partial charge on any atom is 0.0947 e. The van der Waals surface area contributed by atoms with Crippen LogP contribution in [0.5, 0.6) is 0 Å². The molecule has 0 fully saturated rings. The lowest BCUT2D eigenvalue weighted by Crippen LogP contribution is -2.36. The van der Waals surface area contributed by atoms with Crippen molar-refractivity contribution in [2.24, 2.45) is 0 Å². The molecule has 0 aliphatic heterocycles. The molecule has 0 bridgehead atoms. The van der Waals surface area contributed by atoms with E-state index in [0.717, 1.165) is 31.4 Å². The number of aliphatic hydroxyl groups is 1. The first-order chi connectivity index (χ1) is 10.3. The van der Waals surface area contributed by atoms with Crippen molar-refractivity contribution in [2.75, 3.05) is 7.05 Å².